The van der Waals surface area contributed by atoms with E-state index in [1.165, 1.54) is 25.1 Å². The number of ether oxygens (including phenoxy) is 1. The normalized spacial score (nSPS) is 18.4. The summed E-state index contributed by atoms with van der Waals surface area (Å²) >= 11 is 11.8. The largest absolute Gasteiger partial charge is 0.465 e. The lowest BCUT2D eigenvalue weighted by Crippen LogP contribution is -2.42. The van der Waals surface area contributed by atoms with Crippen LogP contribution in [-0.2, 0) is 15.2 Å². The number of oxime groups is 1. The third kappa shape index (κ3) is 3.59. The number of benzene rings is 2. The number of nitrogens with zero attached hydrogens (tertiary/aromatic N) is 2. The molecule has 0 spiro atoms. The van der Waals surface area contributed by atoms with E-state index in [1.807, 2.05) is 6.07 Å². The van der Waals surface area contributed by atoms with Crippen LogP contribution < -0.4 is 0 Å². The van der Waals surface area contributed by atoms with Crippen LogP contribution >= 0.6 is 23.2 Å². The van der Waals surface area contributed by atoms with E-state index >= 15 is 0 Å². The van der Waals surface area contributed by atoms with Crippen molar-refractivity contribution in [2.75, 3.05) is 7.11 Å². The van der Waals surface area contributed by atoms with Crippen LogP contribution in [0.15, 0.2) is 35.5 Å². The van der Waals surface area contributed by atoms with Crippen molar-refractivity contribution in [2.24, 2.45) is 5.16 Å². The number of rotatable bonds is 3. The highest BCUT2D eigenvalue weighted by atomic mass is 35.5. The van der Waals surface area contributed by atoms with Crippen molar-refractivity contribution >= 4 is 34.9 Å². The fraction of sp³-hybridized carbons (Fsp3) is 0.250. The second kappa shape index (κ2) is 7.82. The van der Waals surface area contributed by atoms with Gasteiger partial charge in [0, 0.05) is 27.6 Å². The summed E-state index contributed by atoms with van der Waals surface area (Å²) in [4.78, 5) is 16.8. The molecule has 0 saturated carbocycles. The average molecular weight is 457 g/mol. The van der Waals surface area contributed by atoms with Crippen LogP contribution in [0.5, 0.6) is 0 Å². The highest BCUT2D eigenvalue weighted by molar-refractivity contribution is 6.34. The van der Waals surface area contributed by atoms with Crippen molar-refractivity contribution in [2.45, 2.75) is 25.1 Å². The van der Waals surface area contributed by atoms with Crippen LogP contribution in [-0.4, -0.2) is 25.0 Å². The molecule has 5 nitrogen and oxygen atoms in total. The Morgan fingerprint density at radius 2 is 1.90 bits per heavy atom. The van der Waals surface area contributed by atoms with Gasteiger partial charge in [0.1, 0.15) is 6.07 Å². The Bertz CT molecular complexity index is 1090. The van der Waals surface area contributed by atoms with E-state index in [2.05, 4.69) is 9.89 Å². The first-order chi connectivity index (χ1) is 14.0. The summed E-state index contributed by atoms with van der Waals surface area (Å²) in [6.07, 6.45) is -5.51. The smallest absolute Gasteiger partial charge is 0.435 e. The van der Waals surface area contributed by atoms with Gasteiger partial charge in [-0.05, 0) is 36.8 Å². The van der Waals surface area contributed by atoms with Crippen molar-refractivity contribution in [1.82, 2.24) is 0 Å². The zero-order valence-corrected chi connectivity index (χ0v) is 17.1. The maximum atomic E-state index is 14.1. The first-order valence-electron chi connectivity index (χ1n) is 8.45. The van der Waals surface area contributed by atoms with E-state index in [9.17, 15) is 23.2 Å². The van der Waals surface area contributed by atoms with Gasteiger partial charge in [-0.1, -0.05) is 34.4 Å². The third-order valence-corrected chi connectivity index (χ3v) is 5.24. The van der Waals surface area contributed by atoms with Crippen LogP contribution in [0, 0.1) is 18.3 Å². The SMILES string of the molecule is COC(=O)c1ccc(C2=NOC(c3cc(Cl)cc(Cl)c3)(C(F)(F)F)C2)c(C)c1C#N. The molecule has 1 heterocycles. The summed E-state index contributed by atoms with van der Waals surface area (Å²) in [7, 11) is 1.16. The monoisotopic (exact) mass is 456 g/mol. The number of carbonyl (C=O) groups is 1. The molecule has 0 N–H and O–H groups in total. The molecule has 10 heteroatoms. The lowest BCUT2D eigenvalue weighted by Gasteiger charge is -2.29. The van der Waals surface area contributed by atoms with E-state index in [0.717, 1.165) is 19.2 Å². The van der Waals surface area contributed by atoms with Crippen molar-refractivity contribution in [1.29, 1.82) is 5.26 Å². The number of hydrogen-bond acceptors (Lipinski definition) is 5. The molecule has 0 aliphatic carbocycles. The van der Waals surface area contributed by atoms with E-state index in [0.29, 0.717) is 0 Å². The van der Waals surface area contributed by atoms with Gasteiger partial charge >= 0.3 is 12.1 Å². The molecular weight excluding hydrogens is 444 g/mol. The predicted molar refractivity (Wildman–Crippen MR) is 104 cm³/mol. The number of nitriles is 1. The molecule has 0 radical (unpaired) electrons. The highest BCUT2D eigenvalue weighted by Crippen LogP contribution is 2.50. The lowest BCUT2D eigenvalue weighted by molar-refractivity contribution is -0.275. The molecule has 1 aliphatic rings. The predicted octanol–water partition coefficient (Wildman–Crippen LogP) is 5.54. The minimum Gasteiger partial charge on any atom is -0.465 e. The van der Waals surface area contributed by atoms with Crippen LogP contribution in [0.1, 0.15) is 39.0 Å². The van der Waals surface area contributed by atoms with E-state index in [4.69, 9.17) is 28.0 Å². The Labute approximate surface area is 179 Å². The fourth-order valence-electron chi connectivity index (χ4n) is 3.28. The summed E-state index contributed by atoms with van der Waals surface area (Å²) in [5.74, 6) is -0.732. The number of hydrogen-bond donors (Lipinski definition) is 0. The van der Waals surface area contributed by atoms with Gasteiger partial charge in [-0.2, -0.15) is 18.4 Å². The number of methoxy groups -OCH3 is 1. The van der Waals surface area contributed by atoms with Gasteiger partial charge < -0.3 is 9.57 Å². The second-order valence-electron chi connectivity index (χ2n) is 6.55. The minimum atomic E-state index is -4.84. The summed E-state index contributed by atoms with van der Waals surface area (Å²) in [6.45, 7) is 1.51. The number of esters is 1. The Morgan fingerprint density at radius 1 is 1.27 bits per heavy atom. The maximum absolute atomic E-state index is 14.1. The van der Waals surface area contributed by atoms with Gasteiger partial charge in [0.25, 0.3) is 5.60 Å². The number of alkyl halides is 3. The maximum Gasteiger partial charge on any atom is 0.435 e. The summed E-state index contributed by atoms with van der Waals surface area (Å²) in [5.41, 5.74) is -2.61. The average Bonchev–Trinajstić information content (AvgIpc) is 3.13. The van der Waals surface area contributed by atoms with Gasteiger partial charge in [0.2, 0.25) is 0 Å². The van der Waals surface area contributed by atoms with Gasteiger partial charge in [-0.3, -0.25) is 0 Å². The van der Waals surface area contributed by atoms with Gasteiger partial charge in [-0.25, -0.2) is 4.79 Å². The van der Waals surface area contributed by atoms with Crippen molar-refractivity contribution in [3.05, 3.63) is 68.2 Å². The van der Waals surface area contributed by atoms with Crippen molar-refractivity contribution in [3.8, 4) is 6.07 Å². The molecule has 2 aromatic rings. The van der Waals surface area contributed by atoms with Crippen molar-refractivity contribution in [3.63, 3.8) is 0 Å². The Balaban J connectivity index is 2.09. The first-order valence-corrected chi connectivity index (χ1v) is 9.20. The molecule has 1 unspecified atom stereocenters. The quantitative estimate of drug-likeness (QED) is 0.568. The van der Waals surface area contributed by atoms with Gasteiger partial charge in [-0.15, -0.1) is 0 Å². The van der Waals surface area contributed by atoms with E-state index in [-0.39, 0.29) is 43.6 Å². The standard InChI is InChI=1S/C20H13Cl2F3N2O3/c1-10-14(3-4-15(16(10)9-26)18(28)29-2)17-8-19(30-27-17,20(23,24)25)11-5-12(21)7-13(22)6-11/h3-7H,8H2,1-2H3. The first kappa shape index (κ1) is 21.9. The molecule has 0 bridgehead atoms. The molecule has 0 aromatic heterocycles. The summed E-state index contributed by atoms with van der Waals surface area (Å²) in [5, 5.41) is 13.2. The molecule has 3 rings (SSSR count). The van der Waals surface area contributed by atoms with Crippen LogP contribution in [0.2, 0.25) is 10.0 Å². The molecule has 0 amide bonds. The fourth-order valence-corrected chi connectivity index (χ4v) is 3.81. The van der Waals surface area contributed by atoms with E-state index < -0.39 is 24.2 Å². The zero-order valence-electron chi connectivity index (χ0n) is 15.6. The molecule has 1 atom stereocenters. The Hall–Kier alpha value is -2.76. The summed E-state index contributed by atoms with van der Waals surface area (Å²) in [6, 6.07) is 8.14. The van der Waals surface area contributed by atoms with E-state index in [1.54, 1.807) is 0 Å². The number of carbonyl (C=O) groups excluding carboxylic acids is 1. The van der Waals surface area contributed by atoms with Crippen LogP contribution in [0.4, 0.5) is 13.2 Å². The molecule has 0 fully saturated rings. The Morgan fingerprint density at radius 3 is 2.43 bits per heavy atom. The molecule has 0 saturated heterocycles. The topological polar surface area (TPSA) is 71.7 Å². The summed E-state index contributed by atoms with van der Waals surface area (Å²) < 4.78 is 47.0. The molecule has 2 aromatic carbocycles. The molecule has 1 aliphatic heterocycles. The van der Waals surface area contributed by atoms with Crippen LogP contribution in [0.3, 0.4) is 0 Å². The zero-order chi connectivity index (χ0) is 22.3. The highest BCUT2D eigenvalue weighted by Gasteiger charge is 2.62. The lowest BCUT2D eigenvalue weighted by atomic mass is 9.85. The van der Waals surface area contributed by atoms with Crippen molar-refractivity contribution < 1.29 is 27.5 Å². The van der Waals surface area contributed by atoms with Gasteiger partial charge in [0.05, 0.1) is 23.9 Å². The Kier molecular flexibility index (Phi) is 5.72. The number of halogens is 5. The van der Waals surface area contributed by atoms with Gasteiger partial charge in [0.15, 0.2) is 0 Å². The second-order valence-corrected chi connectivity index (χ2v) is 7.43. The van der Waals surface area contributed by atoms with Crippen LogP contribution in [0.25, 0.3) is 0 Å². The molecule has 30 heavy (non-hydrogen) atoms. The molecule has 156 valence electrons. The third-order valence-electron chi connectivity index (χ3n) is 4.81. The minimum absolute atomic E-state index is 0.00414. The molecular formula is C20H13Cl2F3N2O3.